The maximum atomic E-state index is 12.0. The number of aryl methyl sites for hydroxylation is 2. The molecular formula is C15H16N2O2. The highest BCUT2D eigenvalue weighted by atomic mass is 16.1. The Morgan fingerprint density at radius 1 is 1.26 bits per heavy atom. The lowest BCUT2D eigenvalue weighted by molar-refractivity contribution is 0.101. The van der Waals surface area contributed by atoms with Crippen LogP contribution in [0.2, 0.25) is 0 Å². The molecule has 0 spiro atoms. The van der Waals surface area contributed by atoms with E-state index in [9.17, 15) is 9.59 Å². The average molecular weight is 256 g/mol. The summed E-state index contributed by atoms with van der Waals surface area (Å²) in [6, 6.07) is 9.40. The van der Waals surface area contributed by atoms with Crippen molar-refractivity contribution >= 4 is 5.78 Å². The molecule has 0 atom stereocenters. The van der Waals surface area contributed by atoms with Crippen molar-refractivity contribution < 1.29 is 4.79 Å². The molecule has 0 aliphatic rings. The third-order valence-corrected chi connectivity index (χ3v) is 3.00. The molecule has 98 valence electrons. The van der Waals surface area contributed by atoms with Gasteiger partial charge in [0.15, 0.2) is 5.78 Å². The Morgan fingerprint density at radius 2 is 1.89 bits per heavy atom. The number of rotatable bonds is 3. The van der Waals surface area contributed by atoms with Crippen LogP contribution >= 0.6 is 0 Å². The molecule has 1 aromatic carbocycles. The Hall–Kier alpha value is -2.23. The Morgan fingerprint density at radius 3 is 2.42 bits per heavy atom. The van der Waals surface area contributed by atoms with E-state index < -0.39 is 0 Å². The first kappa shape index (κ1) is 13.2. The summed E-state index contributed by atoms with van der Waals surface area (Å²) in [5, 5.41) is 4.29. The van der Waals surface area contributed by atoms with Crippen LogP contribution in [0.25, 0.3) is 11.3 Å². The molecule has 0 amide bonds. The van der Waals surface area contributed by atoms with Crippen LogP contribution in [0, 0.1) is 6.92 Å². The van der Waals surface area contributed by atoms with Crippen molar-refractivity contribution in [3.05, 3.63) is 51.8 Å². The molecule has 0 fully saturated rings. The van der Waals surface area contributed by atoms with Crippen molar-refractivity contribution in [2.45, 2.75) is 27.3 Å². The predicted octanol–water partition coefficient (Wildman–Crippen LogP) is 2.44. The second kappa shape index (κ2) is 5.18. The van der Waals surface area contributed by atoms with Gasteiger partial charge in [-0.05, 0) is 26.8 Å². The molecule has 0 aliphatic heterocycles. The van der Waals surface area contributed by atoms with Crippen molar-refractivity contribution in [2.24, 2.45) is 0 Å². The molecule has 0 aliphatic carbocycles. The topological polar surface area (TPSA) is 52.0 Å². The van der Waals surface area contributed by atoms with Crippen molar-refractivity contribution in [3.63, 3.8) is 0 Å². The summed E-state index contributed by atoms with van der Waals surface area (Å²) < 4.78 is 1.33. The summed E-state index contributed by atoms with van der Waals surface area (Å²) in [6.07, 6.45) is 0. The summed E-state index contributed by atoms with van der Waals surface area (Å²) in [5.74, 6) is -0.233. The van der Waals surface area contributed by atoms with Gasteiger partial charge in [0.1, 0.15) is 0 Å². The van der Waals surface area contributed by atoms with E-state index in [0.717, 1.165) is 11.1 Å². The lowest BCUT2D eigenvalue weighted by Gasteiger charge is -2.08. The van der Waals surface area contributed by atoms with Crippen LogP contribution in [-0.4, -0.2) is 15.6 Å². The highest BCUT2D eigenvalue weighted by Gasteiger charge is 2.12. The largest absolute Gasteiger partial charge is 0.294 e. The van der Waals surface area contributed by atoms with Gasteiger partial charge in [-0.2, -0.15) is 5.10 Å². The van der Waals surface area contributed by atoms with Gasteiger partial charge in [0.2, 0.25) is 0 Å². The molecule has 0 bridgehead atoms. The summed E-state index contributed by atoms with van der Waals surface area (Å²) >= 11 is 0. The number of benzene rings is 1. The number of carbonyl (C=O) groups is 1. The molecule has 4 heteroatoms. The second-order valence-electron chi connectivity index (χ2n) is 4.49. The normalized spacial score (nSPS) is 10.5. The van der Waals surface area contributed by atoms with E-state index in [4.69, 9.17) is 0 Å². The summed E-state index contributed by atoms with van der Waals surface area (Å²) in [5.41, 5.74) is 2.56. The Labute approximate surface area is 111 Å². The van der Waals surface area contributed by atoms with Crippen LogP contribution in [0.3, 0.4) is 0 Å². The van der Waals surface area contributed by atoms with E-state index in [0.29, 0.717) is 12.2 Å². The molecule has 0 radical (unpaired) electrons. The number of Topliss-reactive ketones (excluding diaryl/α,β-unsaturated/α-hetero) is 1. The van der Waals surface area contributed by atoms with Crippen LogP contribution in [0.1, 0.15) is 29.8 Å². The minimum atomic E-state index is -0.328. The van der Waals surface area contributed by atoms with E-state index in [2.05, 4.69) is 5.10 Å². The molecule has 0 unspecified atom stereocenters. The van der Waals surface area contributed by atoms with Crippen LogP contribution in [0.15, 0.2) is 35.1 Å². The molecule has 0 saturated carbocycles. The van der Waals surface area contributed by atoms with Gasteiger partial charge in [-0.3, -0.25) is 9.59 Å². The van der Waals surface area contributed by atoms with Crippen molar-refractivity contribution in [1.29, 1.82) is 0 Å². The number of hydrogen-bond acceptors (Lipinski definition) is 3. The van der Waals surface area contributed by atoms with E-state index >= 15 is 0 Å². The van der Waals surface area contributed by atoms with Crippen molar-refractivity contribution in [1.82, 2.24) is 9.78 Å². The third-order valence-electron chi connectivity index (χ3n) is 3.00. The molecule has 1 aromatic heterocycles. The number of nitrogens with zero attached hydrogens (tertiary/aromatic N) is 2. The SMILES string of the molecule is CCn1nc(-c2ccc(C)cc2)cc(C(C)=O)c1=O. The average Bonchev–Trinajstić information content (AvgIpc) is 2.39. The van der Waals surface area contributed by atoms with E-state index in [1.54, 1.807) is 6.07 Å². The van der Waals surface area contributed by atoms with E-state index in [-0.39, 0.29) is 16.9 Å². The first-order valence-electron chi connectivity index (χ1n) is 6.23. The zero-order valence-electron chi connectivity index (χ0n) is 11.3. The van der Waals surface area contributed by atoms with Gasteiger partial charge in [-0.1, -0.05) is 29.8 Å². The van der Waals surface area contributed by atoms with Gasteiger partial charge in [0, 0.05) is 12.1 Å². The van der Waals surface area contributed by atoms with Crippen LogP contribution in [0.5, 0.6) is 0 Å². The van der Waals surface area contributed by atoms with Crippen LogP contribution in [0.4, 0.5) is 0 Å². The fourth-order valence-electron chi connectivity index (χ4n) is 1.87. The molecule has 0 N–H and O–H groups in total. The van der Waals surface area contributed by atoms with E-state index in [1.165, 1.54) is 11.6 Å². The minimum absolute atomic E-state index is 0.187. The first-order chi connectivity index (χ1) is 9.02. The highest BCUT2D eigenvalue weighted by Crippen LogP contribution is 2.17. The standard InChI is InChI=1S/C15H16N2O2/c1-4-17-15(19)13(11(3)18)9-14(16-17)12-7-5-10(2)6-8-12/h5-9H,4H2,1-3H3. The zero-order chi connectivity index (χ0) is 14.0. The fraction of sp³-hybridized carbons (Fsp3) is 0.267. The number of aromatic nitrogens is 2. The molecule has 1 heterocycles. The maximum absolute atomic E-state index is 12.0. The monoisotopic (exact) mass is 256 g/mol. The third kappa shape index (κ3) is 2.62. The minimum Gasteiger partial charge on any atom is -0.294 e. The van der Waals surface area contributed by atoms with Gasteiger partial charge in [0.25, 0.3) is 5.56 Å². The number of hydrogen-bond donors (Lipinski definition) is 0. The van der Waals surface area contributed by atoms with Crippen LogP contribution < -0.4 is 5.56 Å². The van der Waals surface area contributed by atoms with Crippen molar-refractivity contribution in [2.75, 3.05) is 0 Å². The maximum Gasteiger partial charge on any atom is 0.277 e. The Bertz CT molecular complexity index is 670. The predicted molar refractivity (Wildman–Crippen MR) is 74.3 cm³/mol. The first-order valence-corrected chi connectivity index (χ1v) is 6.23. The van der Waals surface area contributed by atoms with Gasteiger partial charge >= 0.3 is 0 Å². The molecule has 2 rings (SSSR count). The molecule has 4 nitrogen and oxygen atoms in total. The van der Waals surface area contributed by atoms with E-state index in [1.807, 2.05) is 38.1 Å². The highest BCUT2D eigenvalue weighted by molar-refractivity contribution is 5.94. The lowest BCUT2D eigenvalue weighted by atomic mass is 10.1. The Balaban J connectivity index is 2.64. The summed E-state index contributed by atoms with van der Waals surface area (Å²) in [7, 11) is 0. The molecule has 19 heavy (non-hydrogen) atoms. The lowest BCUT2D eigenvalue weighted by Crippen LogP contribution is -2.27. The quantitative estimate of drug-likeness (QED) is 0.792. The molecule has 0 saturated heterocycles. The zero-order valence-corrected chi connectivity index (χ0v) is 11.3. The van der Waals surface area contributed by atoms with Crippen LogP contribution in [-0.2, 0) is 6.54 Å². The number of carbonyl (C=O) groups excluding carboxylic acids is 1. The number of ketones is 1. The summed E-state index contributed by atoms with van der Waals surface area (Å²) in [4.78, 5) is 23.5. The fourth-order valence-corrected chi connectivity index (χ4v) is 1.87. The molecular weight excluding hydrogens is 240 g/mol. The van der Waals surface area contributed by atoms with Gasteiger partial charge < -0.3 is 0 Å². The Kier molecular flexibility index (Phi) is 3.60. The second-order valence-corrected chi connectivity index (χ2v) is 4.49. The molecule has 2 aromatic rings. The summed E-state index contributed by atoms with van der Waals surface area (Å²) in [6.45, 7) is 5.68. The smallest absolute Gasteiger partial charge is 0.277 e. The van der Waals surface area contributed by atoms with Gasteiger partial charge in [-0.25, -0.2) is 4.68 Å². The van der Waals surface area contributed by atoms with Gasteiger partial charge in [-0.15, -0.1) is 0 Å². The van der Waals surface area contributed by atoms with Gasteiger partial charge in [0.05, 0.1) is 11.3 Å². The van der Waals surface area contributed by atoms with Crippen molar-refractivity contribution in [3.8, 4) is 11.3 Å².